The van der Waals surface area contributed by atoms with Crippen LogP contribution < -0.4 is 14.2 Å². The molecule has 0 atom stereocenters. The Balaban J connectivity index is 1.64. The molecule has 5 nitrogen and oxygen atoms in total. The summed E-state index contributed by atoms with van der Waals surface area (Å²) in [5.41, 5.74) is 1.57. The number of hydrogen-bond acceptors (Lipinski definition) is 4. The zero-order valence-electron chi connectivity index (χ0n) is 13.4. The van der Waals surface area contributed by atoms with Gasteiger partial charge in [0.2, 0.25) is 12.5 Å². The molecule has 0 spiro atoms. The van der Waals surface area contributed by atoms with Crippen molar-refractivity contribution in [3.63, 3.8) is 0 Å². The Kier molecular flexibility index (Phi) is 3.99. The molecule has 2 aromatic rings. The number of ether oxygens (including phenoxy) is 3. The summed E-state index contributed by atoms with van der Waals surface area (Å²) in [6, 6.07) is 13.4. The van der Waals surface area contributed by atoms with E-state index in [9.17, 15) is 4.79 Å². The van der Waals surface area contributed by atoms with E-state index in [1.165, 1.54) is 0 Å². The van der Waals surface area contributed by atoms with Gasteiger partial charge in [-0.05, 0) is 30.5 Å². The Hall–Kier alpha value is -2.69. The molecule has 124 valence electrons. The highest BCUT2D eigenvalue weighted by Gasteiger charge is 2.29. The zero-order chi connectivity index (χ0) is 16.4. The molecule has 0 saturated carbocycles. The van der Waals surface area contributed by atoms with Gasteiger partial charge in [0.1, 0.15) is 6.61 Å². The Bertz CT molecular complexity index is 739. The minimum absolute atomic E-state index is 0.00568. The number of fused-ring (bicyclic) bond motifs is 1. The first kappa shape index (κ1) is 14.9. The molecule has 2 aliphatic rings. The lowest BCUT2D eigenvalue weighted by Crippen LogP contribution is -2.28. The van der Waals surface area contributed by atoms with Gasteiger partial charge >= 0.3 is 0 Å². The number of benzene rings is 2. The van der Waals surface area contributed by atoms with Gasteiger partial charge in [0, 0.05) is 13.1 Å². The fraction of sp³-hybridized carbons (Fsp3) is 0.316. The first-order valence-corrected chi connectivity index (χ1v) is 8.21. The Labute approximate surface area is 140 Å². The number of amides is 1. The maximum atomic E-state index is 12.8. The Morgan fingerprint density at radius 3 is 2.62 bits per heavy atom. The normalized spacial score (nSPS) is 15.6. The van der Waals surface area contributed by atoms with Crippen LogP contribution in [0.15, 0.2) is 42.5 Å². The van der Waals surface area contributed by atoms with Crippen LogP contribution >= 0.6 is 0 Å². The summed E-state index contributed by atoms with van der Waals surface area (Å²) in [7, 11) is 0. The number of likely N-dealkylation sites (tertiary alicyclic amines) is 1. The average Bonchev–Trinajstić information content (AvgIpc) is 3.31. The molecule has 1 amide bonds. The molecule has 24 heavy (non-hydrogen) atoms. The molecule has 0 unspecified atom stereocenters. The number of rotatable bonds is 4. The van der Waals surface area contributed by atoms with E-state index < -0.39 is 0 Å². The van der Waals surface area contributed by atoms with Crippen molar-refractivity contribution in [1.29, 1.82) is 0 Å². The van der Waals surface area contributed by atoms with Crippen molar-refractivity contribution >= 4 is 5.91 Å². The summed E-state index contributed by atoms with van der Waals surface area (Å²) in [6.07, 6.45) is 2.10. The second-order valence-corrected chi connectivity index (χ2v) is 5.95. The number of hydrogen-bond donors (Lipinski definition) is 0. The summed E-state index contributed by atoms with van der Waals surface area (Å²) in [6.45, 7) is 2.12. The largest absolute Gasteiger partial charge is 0.484 e. The molecule has 5 heteroatoms. The summed E-state index contributed by atoms with van der Waals surface area (Å²) in [5.74, 6) is 1.62. The van der Waals surface area contributed by atoms with Gasteiger partial charge in [0.05, 0.1) is 5.56 Å². The molecule has 2 aliphatic heterocycles. The fourth-order valence-electron chi connectivity index (χ4n) is 3.08. The maximum absolute atomic E-state index is 12.8. The number of nitrogens with zero attached hydrogens (tertiary/aromatic N) is 1. The molecule has 4 rings (SSSR count). The van der Waals surface area contributed by atoms with Crippen LogP contribution in [-0.4, -0.2) is 30.7 Å². The van der Waals surface area contributed by atoms with Gasteiger partial charge in [-0.1, -0.05) is 30.3 Å². The molecular formula is C19H19NO4. The molecule has 1 saturated heterocycles. The first-order chi connectivity index (χ1) is 11.8. The minimum Gasteiger partial charge on any atom is -0.484 e. The van der Waals surface area contributed by atoms with Crippen LogP contribution in [0.2, 0.25) is 0 Å². The lowest BCUT2D eigenvalue weighted by molar-refractivity contribution is 0.0786. The van der Waals surface area contributed by atoms with Crippen molar-refractivity contribution in [2.45, 2.75) is 19.4 Å². The minimum atomic E-state index is -0.00568. The zero-order valence-corrected chi connectivity index (χ0v) is 13.4. The second kappa shape index (κ2) is 6.43. The Morgan fingerprint density at radius 1 is 1.04 bits per heavy atom. The lowest BCUT2D eigenvalue weighted by Gasteiger charge is -2.19. The first-order valence-electron chi connectivity index (χ1n) is 8.21. The van der Waals surface area contributed by atoms with Crippen LogP contribution in [0.3, 0.4) is 0 Å². The predicted octanol–water partition coefficient (Wildman–Crippen LogP) is 3.23. The van der Waals surface area contributed by atoms with Crippen molar-refractivity contribution in [1.82, 2.24) is 4.90 Å². The van der Waals surface area contributed by atoms with Crippen LogP contribution in [0.1, 0.15) is 28.8 Å². The summed E-state index contributed by atoms with van der Waals surface area (Å²) < 4.78 is 17.0. The highest BCUT2D eigenvalue weighted by atomic mass is 16.7. The third kappa shape index (κ3) is 2.77. The topological polar surface area (TPSA) is 48.0 Å². The van der Waals surface area contributed by atoms with Gasteiger partial charge in [0.15, 0.2) is 11.5 Å². The monoisotopic (exact) mass is 325 g/mol. The third-order valence-electron chi connectivity index (χ3n) is 4.34. The van der Waals surface area contributed by atoms with Gasteiger partial charge in [-0.2, -0.15) is 0 Å². The molecule has 0 radical (unpaired) electrons. The third-order valence-corrected chi connectivity index (χ3v) is 4.34. The molecule has 0 aliphatic carbocycles. The van der Waals surface area contributed by atoms with Crippen LogP contribution in [0.25, 0.3) is 0 Å². The lowest BCUT2D eigenvalue weighted by atomic mass is 10.1. The Morgan fingerprint density at radius 2 is 1.83 bits per heavy atom. The fourth-order valence-corrected chi connectivity index (χ4v) is 3.08. The van der Waals surface area contributed by atoms with Crippen molar-refractivity contribution in [2.24, 2.45) is 0 Å². The van der Waals surface area contributed by atoms with E-state index in [0.717, 1.165) is 31.5 Å². The van der Waals surface area contributed by atoms with Crippen LogP contribution in [0, 0.1) is 0 Å². The second-order valence-electron chi connectivity index (χ2n) is 5.95. The van der Waals surface area contributed by atoms with Crippen molar-refractivity contribution in [2.75, 3.05) is 19.9 Å². The molecule has 0 bridgehead atoms. The summed E-state index contributed by atoms with van der Waals surface area (Å²) in [4.78, 5) is 14.7. The average molecular weight is 325 g/mol. The van der Waals surface area contributed by atoms with E-state index in [2.05, 4.69) is 0 Å². The van der Waals surface area contributed by atoms with E-state index >= 15 is 0 Å². The SMILES string of the molecule is O=C(c1ccc2c(c1OCc1ccccc1)OCO2)N1CCCC1. The van der Waals surface area contributed by atoms with Gasteiger partial charge < -0.3 is 19.1 Å². The van der Waals surface area contributed by atoms with Crippen molar-refractivity contribution in [3.8, 4) is 17.2 Å². The van der Waals surface area contributed by atoms with Crippen LogP contribution in [0.4, 0.5) is 0 Å². The van der Waals surface area contributed by atoms with E-state index in [4.69, 9.17) is 14.2 Å². The highest BCUT2D eigenvalue weighted by molar-refractivity contribution is 5.98. The number of carbonyl (C=O) groups excluding carboxylic acids is 1. The molecule has 2 aromatic carbocycles. The van der Waals surface area contributed by atoms with Gasteiger partial charge in [-0.3, -0.25) is 4.79 Å². The van der Waals surface area contributed by atoms with E-state index in [1.54, 1.807) is 12.1 Å². The van der Waals surface area contributed by atoms with E-state index in [1.807, 2.05) is 35.2 Å². The molecule has 2 heterocycles. The van der Waals surface area contributed by atoms with Gasteiger partial charge in [-0.25, -0.2) is 0 Å². The van der Waals surface area contributed by atoms with Gasteiger partial charge in [0.25, 0.3) is 5.91 Å². The van der Waals surface area contributed by atoms with Crippen molar-refractivity contribution in [3.05, 3.63) is 53.6 Å². The molecule has 0 N–H and O–H groups in total. The van der Waals surface area contributed by atoms with E-state index in [-0.39, 0.29) is 12.7 Å². The standard InChI is InChI=1S/C19H19NO4/c21-19(20-10-4-5-11-20)15-8-9-16-18(24-13-23-16)17(15)22-12-14-6-2-1-3-7-14/h1-3,6-9H,4-5,10-13H2. The van der Waals surface area contributed by atoms with Crippen molar-refractivity contribution < 1.29 is 19.0 Å². The van der Waals surface area contributed by atoms with E-state index in [0.29, 0.717) is 29.4 Å². The quantitative estimate of drug-likeness (QED) is 0.866. The van der Waals surface area contributed by atoms with Gasteiger partial charge in [-0.15, -0.1) is 0 Å². The maximum Gasteiger partial charge on any atom is 0.257 e. The smallest absolute Gasteiger partial charge is 0.257 e. The highest BCUT2D eigenvalue weighted by Crippen LogP contribution is 2.44. The molecule has 0 aromatic heterocycles. The summed E-state index contributed by atoms with van der Waals surface area (Å²) >= 11 is 0. The predicted molar refractivity (Wildman–Crippen MR) is 88.5 cm³/mol. The summed E-state index contributed by atoms with van der Waals surface area (Å²) in [5, 5.41) is 0. The van der Waals surface area contributed by atoms with Crippen LogP contribution in [-0.2, 0) is 6.61 Å². The molecule has 1 fully saturated rings. The van der Waals surface area contributed by atoms with Crippen LogP contribution in [0.5, 0.6) is 17.2 Å². The number of carbonyl (C=O) groups is 1. The molecular weight excluding hydrogens is 306 g/mol.